The molecule has 0 saturated heterocycles. The fourth-order valence-electron chi connectivity index (χ4n) is 2.54. The molecule has 3 rings (SSSR count). The number of hydrogen-bond donors (Lipinski definition) is 1. The van der Waals surface area contributed by atoms with Gasteiger partial charge in [-0.1, -0.05) is 0 Å². The number of ether oxygens (including phenoxy) is 1. The lowest BCUT2D eigenvalue weighted by Gasteiger charge is -2.12. The van der Waals surface area contributed by atoms with Crippen molar-refractivity contribution in [2.75, 3.05) is 5.32 Å². The molecule has 1 atom stereocenters. The van der Waals surface area contributed by atoms with Crippen LogP contribution in [0, 0.1) is 0 Å². The van der Waals surface area contributed by atoms with Gasteiger partial charge in [-0.05, 0) is 56.4 Å². The van der Waals surface area contributed by atoms with Gasteiger partial charge in [-0.15, -0.1) is 11.3 Å². The molecule has 2 aromatic rings. The van der Waals surface area contributed by atoms with Crippen LogP contribution in [0.3, 0.4) is 0 Å². The lowest BCUT2D eigenvalue weighted by Crippen LogP contribution is -2.29. The molecule has 0 saturated carbocycles. The lowest BCUT2D eigenvalue weighted by molar-refractivity contribution is -0.123. The van der Waals surface area contributed by atoms with E-state index in [0.717, 1.165) is 12.8 Å². The summed E-state index contributed by atoms with van der Waals surface area (Å²) in [7, 11) is 0. The average molecular weight is 330 g/mol. The van der Waals surface area contributed by atoms with Crippen molar-refractivity contribution in [2.45, 2.75) is 38.7 Å². The zero-order chi connectivity index (χ0) is 16.2. The van der Waals surface area contributed by atoms with E-state index in [4.69, 9.17) is 4.74 Å². The quantitative estimate of drug-likeness (QED) is 0.874. The van der Waals surface area contributed by atoms with Crippen molar-refractivity contribution in [1.82, 2.24) is 4.98 Å². The van der Waals surface area contributed by atoms with Gasteiger partial charge in [-0.25, -0.2) is 4.79 Å². The Morgan fingerprint density at radius 2 is 2.00 bits per heavy atom. The number of nitrogens with one attached hydrogen (secondary N) is 1. The summed E-state index contributed by atoms with van der Waals surface area (Å²) >= 11 is 1.49. The van der Waals surface area contributed by atoms with Crippen LogP contribution in [-0.2, 0) is 22.4 Å². The van der Waals surface area contributed by atoms with Crippen molar-refractivity contribution in [3.05, 3.63) is 45.9 Å². The summed E-state index contributed by atoms with van der Waals surface area (Å²) in [5.74, 6) is -0.785. The maximum absolute atomic E-state index is 12.2. The first kappa shape index (κ1) is 15.7. The SMILES string of the molecule is CC(OC(=O)c1cc2c(s1)CCCC2)C(=O)Nc1ccncc1. The van der Waals surface area contributed by atoms with Crippen LogP contribution in [0.2, 0.25) is 0 Å². The molecule has 1 N–H and O–H groups in total. The number of anilines is 1. The Kier molecular flexibility index (Phi) is 4.71. The Balaban J connectivity index is 1.60. The maximum atomic E-state index is 12.2. The standard InChI is InChI=1S/C17H18N2O3S/c1-11(16(20)19-13-6-8-18-9-7-13)22-17(21)15-10-12-4-2-3-5-14(12)23-15/h6-11H,2-5H2,1H3,(H,18,19,20). The van der Waals surface area contributed by atoms with Gasteiger partial charge in [-0.2, -0.15) is 0 Å². The third-order valence-corrected chi connectivity index (χ3v) is 5.02. The molecule has 0 radical (unpaired) electrons. The van der Waals surface area contributed by atoms with Gasteiger partial charge in [-0.3, -0.25) is 9.78 Å². The summed E-state index contributed by atoms with van der Waals surface area (Å²) < 4.78 is 5.29. The van der Waals surface area contributed by atoms with Crippen LogP contribution in [-0.4, -0.2) is 23.0 Å². The second-order valence-electron chi connectivity index (χ2n) is 5.54. The number of carbonyl (C=O) groups is 2. The molecule has 0 bridgehead atoms. The fraction of sp³-hybridized carbons (Fsp3) is 0.353. The van der Waals surface area contributed by atoms with Crippen LogP contribution in [0.1, 0.15) is 39.9 Å². The van der Waals surface area contributed by atoms with Crippen LogP contribution in [0.5, 0.6) is 0 Å². The second-order valence-corrected chi connectivity index (χ2v) is 6.68. The first-order valence-corrected chi connectivity index (χ1v) is 8.48. The molecule has 1 amide bonds. The monoisotopic (exact) mass is 330 g/mol. The summed E-state index contributed by atoms with van der Waals surface area (Å²) in [6, 6.07) is 5.27. The number of carbonyl (C=O) groups excluding carboxylic acids is 2. The van der Waals surface area contributed by atoms with Crippen LogP contribution in [0.15, 0.2) is 30.6 Å². The van der Waals surface area contributed by atoms with Gasteiger partial charge in [0.05, 0.1) is 0 Å². The molecule has 23 heavy (non-hydrogen) atoms. The number of hydrogen-bond acceptors (Lipinski definition) is 5. The fourth-order valence-corrected chi connectivity index (χ4v) is 3.68. The number of thiophene rings is 1. The Labute approximate surface area is 138 Å². The van der Waals surface area contributed by atoms with Gasteiger partial charge < -0.3 is 10.1 Å². The third-order valence-electron chi connectivity index (χ3n) is 3.80. The summed E-state index contributed by atoms with van der Waals surface area (Å²) in [6.07, 6.45) is 6.72. The summed E-state index contributed by atoms with van der Waals surface area (Å²) in [6.45, 7) is 1.57. The van der Waals surface area contributed by atoms with E-state index in [0.29, 0.717) is 10.6 Å². The third kappa shape index (κ3) is 3.76. The van der Waals surface area contributed by atoms with Crippen molar-refractivity contribution < 1.29 is 14.3 Å². The first-order valence-electron chi connectivity index (χ1n) is 7.67. The number of aryl methyl sites for hydroxylation is 2. The normalized spacial score (nSPS) is 14.7. The topological polar surface area (TPSA) is 68.3 Å². The van der Waals surface area contributed by atoms with Crippen LogP contribution in [0.4, 0.5) is 5.69 Å². The highest BCUT2D eigenvalue weighted by molar-refractivity contribution is 7.14. The van der Waals surface area contributed by atoms with Gasteiger partial charge in [0.1, 0.15) is 4.88 Å². The Morgan fingerprint density at radius 3 is 2.74 bits per heavy atom. The second kappa shape index (κ2) is 6.91. The minimum Gasteiger partial charge on any atom is -0.448 e. The molecule has 0 fully saturated rings. The number of nitrogens with zero attached hydrogens (tertiary/aromatic N) is 1. The molecule has 5 nitrogen and oxygen atoms in total. The van der Waals surface area contributed by atoms with E-state index in [-0.39, 0.29) is 5.91 Å². The number of esters is 1. The molecule has 0 aliphatic heterocycles. The minimum absolute atomic E-state index is 0.356. The highest BCUT2D eigenvalue weighted by Gasteiger charge is 2.22. The number of amides is 1. The van der Waals surface area contributed by atoms with E-state index < -0.39 is 12.1 Å². The molecule has 2 aromatic heterocycles. The van der Waals surface area contributed by atoms with Crippen molar-refractivity contribution in [3.8, 4) is 0 Å². The largest absolute Gasteiger partial charge is 0.448 e. The van der Waals surface area contributed by atoms with E-state index in [1.807, 2.05) is 6.07 Å². The first-order chi connectivity index (χ1) is 11.1. The molecule has 1 aliphatic carbocycles. The highest BCUT2D eigenvalue weighted by Crippen LogP contribution is 2.30. The van der Waals surface area contributed by atoms with Crippen molar-refractivity contribution in [1.29, 1.82) is 0 Å². The van der Waals surface area contributed by atoms with Crippen molar-refractivity contribution in [3.63, 3.8) is 0 Å². The van der Waals surface area contributed by atoms with Gasteiger partial charge in [0, 0.05) is 23.0 Å². The maximum Gasteiger partial charge on any atom is 0.349 e. The molecule has 0 aromatic carbocycles. The Morgan fingerprint density at radius 1 is 1.26 bits per heavy atom. The van der Waals surface area contributed by atoms with Crippen molar-refractivity contribution in [2.24, 2.45) is 0 Å². The number of pyridine rings is 1. The zero-order valence-electron chi connectivity index (χ0n) is 12.9. The average Bonchev–Trinajstić information content (AvgIpc) is 3.00. The van der Waals surface area contributed by atoms with Crippen LogP contribution < -0.4 is 5.32 Å². The lowest BCUT2D eigenvalue weighted by atomic mass is 9.99. The van der Waals surface area contributed by atoms with Crippen LogP contribution >= 0.6 is 11.3 Å². The molecule has 120 valence electrons. The Bertz CT molecular complexity index is 688. The van der Waals surface area contributed by atoms with Gasteiger partial charge in [0.2, 0.25) is 0 Å². The minimum atomic E-state index is -0.852. The van der Waals surface area contributed by atoms with Gasteiger partial charge in [0.25, 0.3) is 5.91 Å². The highest BCUT2D eigenvalue weighted by atomic mass is 32.1. The molecule has 1 unspecified atom stereocenters. The number of aromatic nitrogens is 1. The predicted molar refractivity (Wildman–Crippen MR) is 88.7 cm³/mol. The molecular formula is C17H18N2O3S. The molecule has 1 aliphatic rings. The number of rotatable bonds is 4. The van der Waals surface area contributed by atoms with E-state index >= 15 is 0 Å². The molecular weight excluding hydrogens is 312 g/mol. The van der Waals surface area contributed by atoms with Crippen LogP contribution in [0.25, 0.3) is 0 Å². The van der Waals surface area contributed by atoms with E-state index in [1.165, 1.54) is 34.6 Å². The van der Waals surface area contributed by atoms with Gasteiger partial charge in [0.15, 0.2) is 6.10 Å². The number of fused-ring (bicyclic) bond motifs is 1. The zero-order valence-corrected chi connectivity index (χ0v) is 13.7. The molecule has 2 heterocycles. The summed E-state index contributed by atoms with van der Waals surface area (Å²) in [4.78, 5) is 30.0. The summed E-state index contributed by atoms with van der Waals surface area (Å²) in [5, 5.41) is 2.69. The summed E-state index contributed by atoms with van der Waals surface area (Å²) in [5.41, 5.74) is 1.88. The Hall–Kier alpha value is -2.21. The smallest absolute Gasteiger partial charge is 0.349 e. The van der Waals surface area contributed by atoms with E-state index in [1.54, 1.807) is 31.5 Å². The van der Waals surface area contributed by atoms with E-state index in [9.17, 15) is 9.59 Å². The van der Waals surface area contributed by atoms with E-state index in [2.05, 4.69) is 10.3 Å². The van der Waals surface area contributed by atoms with Gasteiger partial charge >= 0.3 is 5.97 Å². The van der Waals surface area contributed by atoms with Crippen molar-refractivity contribution >= 4 is 28.9 Å². The molecule has 6 heteroatoms. The predicted octanol–water partition coefficient (Wildman–Crippen LogP) is 3.21. The molecule has 0 spiro atoms.